The summed E-state index contributed by atoms with van der Waals surface area (Å²) in [5, 5.41) is 18.1. The van der Waals surface area contributed by atoms with Crippen LogP contribution < -0.4 is 0 Å². The molecule has 1 saturated heterocycles. The van der Waals surface area contributed by atoms with E-state index in [1.807, 2.05) is 4.90 Å². The zero-order valence-electron chi connectivity index (χ0n) is 7.97. The molecule has 1 heterocycles. The maximum atomic E-state index is 10.3. The minimum atomic E-state index is -0.914. The average Bonchev–Trinajstić information content (AvgIpc) is 2.65. The molecule has 0 spiro atoms. The van der Waals surface area contributed by atoms with Gasteiger partial charge in [-0.3, -0.25) is 0 Å². The summed E-state index contributed by atoms with van der Waals surface area (Å²) in [5.74, 6) is -0.000465. The first-order valence-corrected chi connectivity index (χ1v) is 5.00. The van der Waals surface area contributed by atoms with Gasteiger partial charge < -0.3 is 15.1 Å². The fourth-order valence-electron chi connectivity index (χ4n) is 2.56. The lowest BCUT2D eigenvalue weighted by Crippen LogP contribution is -2.21. The van der Waals surface area contributed by atoms with Crippen molar-refractivity contribution in [3.8, 4) is 0 Å². The minimum absolute atomic E-state index is 0.178. The summed E-state index contributed by atoms with van der Waals surface area (Å²) in [7, 11) is 0. The molecule has 2 N–H and O–H groups in total. The number of rotatable bonds is 2. The van der Waals surface area contributed by atoms with Crippen LogP contribution in [-0.2, 0) is 4.79 Å². The van der Waals surface area contributed by atoms with E-state index < -0.39 is 5.97 Å². The van der Waals surface area contributed by atoms with Crippen LogP contribution in [0.5, 0.6) is 0 Å². The highest BCUT2D eigenvalue weighted by atomic mass is 16.4. The number of aliphatic hydroxyl groups excluding tert-OH is 1. The first-order valence-electron chi connectivity index (χ1n) is 5.00. The van der Waals surface area contributed by atoms with E-state index in [4.69, 9.17) is 5.11 Å². The van der Waals surface area contributed by atoms with E-state index in [0.29, 0.717) is 11.8 Å². The fraction of sp³-hybridized carbons (Fsp3) is 0.700. The Kier molecular flexibility index (Phi) is 2.46. The highest BCUT2D eigenvalue weighted by molar-refractivity contribution is 5.79. The smallest absolute Gasteiger partial charge is 0.329 e. The van der Waals surface area contributed by atoms with Gasteiger partial charge in [0.05, 0.1) is 6.10 Å². The molecule has 0 aromatic carbocycles. The second kappa shape index (κ2) is 3.61. The van der Waals surface area contributed by atoms with Crippen molar-refractivity contribution in [2.45, 2.75) is 18.9 Å². The Labute approximate surface area is 82.8 Å². The Morgan fingerprint density at radius 1 is 1.36 bits per heavy atom. The standard InChI is InChI=1S/C10H15NO3/c12-9-2-1-7-5-11(6-8(7)9)4-3-10(13)14/h3-4,7-9,12H,1-2,5-6H2,(H,13,14)/b4-3+. The van der Waals surface area contributed by atoms with E-state index in [2.05, 4.69) is 0 Å². The molecule has 0 radical (unpaired) electrons. The summed E-state index contributed by atoms with van der Waals surface area (Å²) in [4.78, 5) is 12.3. The molecule has 4 nitrogen and oxygen atoms in total. The predicted octanol–water partition coefficient (Wildman–Crippen LogP) is 0.287. The number of carbonyl (C=O) groups is 1. The second-order valence-corrected chi connectivity index (χ2v) is 4.18. The topological polar surface area (TPSA) is 60.8 Å². The van der Waals surface area contributed by atoms with E-state index in [1.165, 1.54) is 0 Å². The molecule has 4 heteroatoms. The summed E-state index contributed by atoms with van der Waals surface area (Å²) < 4.78 is 0. The Balaban J connectivity index is 1.92. The molecule has 1 saturated carbocycles. The van der Waals surface area contributed by atoms with Crippen molar-refractivity contribution < 1.29 is 15.0 Å². The summed E-state index contributed by atoms with van der Waals surface area (Å²) in [6.45, 7) is 1.70. The third-order valence-electron chi connectivity index (χ3n) is 3.28. The zero-order valence-corrected chi connectivity index (χ0v) is 7.97. The van der Waals surface area contributed by atoms with Crippen molar-refractivity contribution >= 4 is 5.97 Å². The molecule has 1 aliphatic carbocycles. The fourth-order valence-corrected chi connectivity index (χ4v) is 2.56. The minimum Gasteiger partial charge on any atom is -0.478 e. The van der Waals surface area contributed by atoms with Crippen LogP contribution >= 0.6 is 0 Å². The molecule has 0 amide bonds. The molecule has 2 rings (SSSR count). The van der Waals surface area contributed by atoms with Crippen LogP contribution in [0.3, 0.4) is 0 Å². The predicted molar refractivity (Wildman–Crippen MR) is 50.6 cm³/mol. The molecular weight excluding hydrogens is 182 g/mol. The van der Waals surface area contributed by atoms with Gasteiger partial charge >= 0.3 is 5.97 Å². The van der Waals surface area contributed by atoms with Gasteiger partial charge in [0, 0.05) is 31.3 Å². The molecule has 3 atom stereocenters. The van der Waals surface area contributed by atoms with E-state index >= 15 is 0 Å². The van der Waals surface area contributed by atoms with Crippen LogP contribution in [0.25, 0.3) is 0 Å². The molecule has 1 aliphatic heterocycles. The molecule has 14 heavy (non-hydrogen) atoms. The van der Waals surface area contributed by atoms with Crippen LogP contribution in [0, 0.1) is 11.8 Å². The van der Waals surface area contributed by atoms with Gasteiger partial charge in [-0.25, -0.2) is 4.79 Å². The third-order valence-corrected chi connectivity index (χ3v) is 3.28. The highest BCUT2D eigenvalue weighted by Gasteiger charge is 2.40. The SMILES string of the molecule is O=C(O)/C=C/N1CC2CCC(O)C2C1. The Morgan fingerprint density at radius 3 is 2.79 bits per heavy atom. The molecule has 2 fully saturated rings. The first kappa shape index (κ1) is 9.52. The number of likely N-dealkylation sites (tertiary alicyclic amines) is 1. The molecule has 78 valence electrons. The largest absolute Gasteiger partial charge is 0.478 e. The highest BCUT2D eigenvalue weighted by Crippen LogP contribution is 2.37. The monoisotopic (exact) mass is 197 g/mol. The molecule has 0 bridgehead atoms. The van der Waals surface area contributed by atoms with Gasteiger partial charge in [-0.1, -0.05) is 0 Å². The van der Waals surface area contributed by atoms with Gasteiger partial charge in [-0.2, -0.15) is 0 Å². The van der Waals surface area contributed by atoms with Gasteiger partial charge in [-0.05, 0) is 18.8 Å². The first-order chi connectivity index (χ1) is 6.66. The van der Waals surface area contributed by atoms with Gasteiger partial charge in [0.1, 0.15) is 0 Å². The third kappa shape index (κ3) is 1.75. The normalized spacial score (nSPS) is 36.6. The van der Waals surface area contributed by atoms with Gasteiger partial charge in [0.15, 0.2) is 0 Å². The van der Waals surface area contributed by atoms with Crippen molar-refractivity contribution in [1.29, 1.82) is 0 Å². The lowest BCUT2D eigenvalue weighted by atomic mass is 10.00. The van der Waals surface area contributed by atoms with Crippen LogP contribution in [0.2, 0.25) is 0 Å². The quantitative estimate of drug-likeness (QED) is 0.624. The van der Waals surface area contributed by atoms with Crippen LogP contribution in [0.4, 0.5) is 0 Å². The van der Waals surface area contributed by atoms with Gasteiger partial charge in [-0.15, -0.1) is 0 Å². The average molecular weight is 197 g/mol. The number of fused-ring (bicyclic) bond motifs is 1. The van der Waals surface area contributed by atoms with Crippen molar-refractivity contribution in [3.63, 3.8) is 0 Å². The Morgan fingerprint density at radius 2 is 2.14 bits per heavy atom. The second-order valence-electron chi connectivity index (χ2n) is 4.18. The Bertz CT molecular complexity index is 264. The summed E-state index contributed by atoms with van der Waals surface area (Å²) in [5.41, 5.74) is 0. The number of hydrogen-bond acceptors (Lipinski definition) is 3. The molecule has 0 aromatic rings. The van der Waals surface area contributed by atoms with Crippen molar-refractivity contribution in [2.75, 3.05) is 13.1 Å². The van der Waals surface area contributed by atoms with Crippen molar-refractivity contribution in [2.24, 2.45) is 11.8 Å². The van der Waals surface area contributed by atoms with Gasteiger partial charge in [0.25, 0.3) is 0 Å². The molecule has 2 aliphatic rings. The number of hydrogen-bond donors (Lipinski definition) is 2. The summed E-state index contributed by atoms with van der Waals surface area (Å²) in [6.07, 6.45) is 4.58. The summed E-state index contributed by atoms with van der Waals surface area (Å²) in [6, 6.07) is 0. The number of aliphatic carboxylic acids is 1. The lowest BCUT2D eigenvalue weighted by molar-refractivity contribution is -0.131. The van der Waals surface area contributed by atoms with E-state index in [-0.39, 0.29) is 6.10 Å². The lowest BCUT2D eigenvalue weighted by Gasteiger charge is -2.14. The molecule has 0 aromatic heterocycles. The maximum absolute atomic E-state index is 10.3. The van der Waals surface area contributed by atoms with Crippen molar-refractivity contribution in [3.05, 3.63) is 12.3 Å². The van der Waals surface area contributed by atoms with E-state index in [0.717, 1.165) is 32.0 Å². The molecular formula is C10H15NO3. The number of carboxylic acid groups (broad SMARTS) is 1. The zero-order chi connectivity index (χ0) is 10.1. The van der Waals surface area contributed by atoms with Gasteiger partial charge in [0.2, 0.25) is 0 Å². The van der Waals surface area contributed by atoms with Crippen LogP contribution in [0.1, 0.15) is 12.8 Å². The maximum Gasteiger partial charge on any atom is 0.329 e. The Hall–Kier alpha value is -1.03. The van der Waals surface area contributed by atoms with Crippen LogP contribution in [0.15, 0.2) is 12.3 Å². The van der Waals surface area contributed by atoms with E-state index in [9.17, 15) is 9.90 Å². The molecule has 3 unspecified atom stereocenters. The van der Waals surface area contributed by atoms with Crippen LogP contribution in [-0.4, -0.2) is 40.3 Å². The summed E-state index contributed by atoms with van der Waals surface area (Å²) >= 11 is 0. The van der Waals surface area contributed by atoms with E-state index in [1.54, 1.807) is 6.20 Å². The number of nitrogens with zero attached hydrogens (tertiary/aromatic N) is 1. The number of carboxylic acids is 1. The van der Waals surface area contributed by atoms with Crippen molar-refractivity contribution in [1.82, 2.24) is 4.90 Å². The number of aliphatic hydroxyl groups is 1.